The molecule has 2 rings (SSSR count). The largest absolute Gasteiger partial charge is 0.287 e. The number of carbonyl (C=O) groups is 1. The molecular formula is C13H15FN2OS. The van der Waals surface area contributed by atoms with Crippen molar-refractivity contribution in [3.8, 4) is 0 Å². The Morgan fingerprint density at radius 3 is 3.00 bits per heavy atom. The zero-order valence-electron chi connectivity index (χ0n) is 10.4. The van der Waals surface area contributed by atoms with E-state index in [2.05, 4.69) is 5.10 Å². The van der Waals surface area contributed by atoms with Crippen molar-refractivity contribution in [2.45, 2.75) is 25.5 Å². The molecule has 3 nitrogen and oxygen atoms in total. The lowest BCUT2D eigenvalue weighted by molar-refractivity contribution is -0.111. The molecule has 0 aliphatic heterocycles. The van der Waals surface area contributed by atoms with E-state index in [0.717, 1.165) is 17.4 Å². The monoisotopic (exact) mass is 266 g/mol. The van der Waals surface area contributed by atoms with Gasteiger partial charge in [0.25, 0.3) is 0 Å². The van der Waals surface area contributed by atoms with Crippen LogP contribution in [0.15, 0.2) is 18.3 Å². The Morgan fingerprint density at radius 1 is 1.50 bits per heavy atom. The summed E-state index contributed by atoms with van der Waals surface area (Å²) in [6, 6.07) is 3.35. The Morgan fingerprint density at radius 2 is 2.28 bits per heavy atom. The molecule has 18 heavy (non-hydrogen) atoms. The molecule has 0 unspecified atom stereocenters. The average molecular weight is 266 g/mol. The van der Waals surface area contributed by atoms with Crippen molar-refractivity contribution in [2.75, 3.05) is 0 Å². The van der Waals surface area contributed by atoms with Crippen LogP contribution in [0.1, 0.15) is 25.3 Å². The first-order valence-electron chi connectivity index (χ1n) is 5.87. The first-order valence-corrected chi connectivity index (χ1v) is 6.86. The minimum absolute atomic E-state index is 0.157. The third kappa shape index (κ3) is 2.90. The van der Waals surface area contributed by atoms with E-state index in [1.807, 2.05) is 13.0 Å². The molecule has 96 valence electrons. The first kappa shape index (κ1) is 13.1. The highest BCUT2D eigenvalue weighted by atomic mass is 32.2. The highest BCUT2D eigenvalue weighted by Gasteiger charge is 2.09. The molecule has 0 aliphatic carbocycles. The van der Waals surface area contributed by atoms with Crippen LogP contribution in [0.5, 0.6) is 0 Å². The maximum atomic E-state index is 13.8. The van der Waals surface area contributed by atoms with Gasteiger partial charge in [-0.15, -0.1) is 0 Å². The number of halogens is 1. The van der Waals surface area contributed by atoms with Gasteiger partial charge in [0, 0.05) is 30.8 Å². The number of hydrogen-bond donors (Lipinski definition) is 0. The maximum absolute atomic E-state index is 13.8. The highest BCUT2D eigenvalue weighted by Crippen LogP contribution is 2.22. The molecule has 0 spiro atoms. The van der Waals surface area contributed by atoms with Crippen LogP contribution >= 0.6 is 11.8 Å². The van der Waals surface area contributed by atoms with Crippen molar-refractivity contribution in [3.05, 3.63) is 29.7 Å². The van der Waals surface area contributed by atoms with Crippen LogP contribution in [0.4, 0.5) is 4.39 Å². The molecular weight excluding hydrogens is 251 g/mol. The molecule has 0 amide bonds. The van der Waals surface area contributed by atoms with Gasteiger partial charge in [0.1, 0.15) is 5.52 Å². The second-order valence-electron chi connectivity index (χ2n) is 4.23. The van der Waals surface area contributed by atoms with Gasteiger partial charge in [-0.05, 0) is 24.1 Å². The topological polar surface area (TPSA) is 34.9 Å². The number of rotatable bonds is 4. The summed E-state index contributed by atoms with van der Waals surface area (Å²) in [5, 5.41) is 4.98. The zero-order valence-corrected chi connectivity index (χ0v) is 11.3. The Labute approximate surface area is 109 Å². The minimum atomic E-state index is -0.327. The molecule has 0 bridgehead atoms. The SMILES string of the molecule is CCCC(=O)SCc1cc(F)c2nn(C)cc2c1. The molecule has 2 aromatic rings. The summed E-state index contributed by atoms with van der Waals surface area (Å²) in [5.41, 5.74) is 1.20. The zero-order chi connectivity index (χ0) is 13.1. The molecule has 1 aromatic heterocycles. The van der Waals surface area contributed by atoms with Crippen LogP contribution in [0.25, 0.3) is 10.9 Å². The van der Waals surface area contributed by atoms with Gasteiger partial charge in [-0.25, -0.2) is 4.39 Å². The lowest BCUT2D eigenvalue weighted by Gasteiger charge is -2.01. The van der Waals surface area contributed by atoms with Gasteiger partial charge in [-0.1, -0.05) is 18.7 Å². The van der Waals surface area contributed by atoms with Crippen LogP contribution < -0.4 is 0 Å². The van der Waals surface area contributed by atoms with Gasteiger partial charge in [-0.3, -0.25) is 9.48 Å². The Hall–Kier alpha value is -1.36. The van der Waals surface area contributed by atoms with Gasteiger partial charge >= 0.3 is 0 Å². The molecule has 0 aliphatic rings. The maximum Gasteiger partial charge on any atom is 0.189 e. The number of hydrogen-bond acceptors (Lipinski definition) is 3. The lowest BCUT2D eigenvalue weighted by atomic mass is 10.2. The van der Waals surface area contributed by atoms with E-state index in [9.17, 15) is 9.18 Å². The number of carbonyl (C=O) groups excluding carboxylic acids is 1. The molecule has 0 N–H and O–H groups in total. The first-order chi connectivity index (χ1) is 8.60. The van der Waals surface area contributed by atoms with Gasteiger partial charge < -0.3 is 0 Å². The molecule has 5 heteroatoms. The lowest BCUT2D eigenvalue weighted by Crippen LogP contribution is -1.92. The summed E-state index contributed by atoms with van der Waals surface area (Å²) in [7, 11) is 1.76. The third-order valence-electron chi connectivity index (χ3n) is 2.59. The summed E-state index contributed by atoms with van der Waals surface area (Å²) in [4.78, 5) is 11.4. The molecule has 0 atom stereocenters. The van der Waals surface area contributed by atoms with Crippen LogP contribution in [-0.2, 0) is 17.6 Å². The second-order valence-corrected chi connectivity index (χ2v) is 5.26. The molecule has 0 saturated carbocycles. The summed E-state index contributed by atoms with van der Waals surface area (Å²) in [5.74, 6) is 0.187. The highest BCUT2D eigenvalue weighted by molar-refractivity contribution is 8.12. The predicted molar refractivity (Wildman–Crippen MR) is 71.9 cm³/mol. The number of aryl methyl sites for hydroxylation is 1. The average Bonchev–Trinajstić information content (AvgIpc) is 2.68. The quantitative estimate of drug-likeness (QED) is 0.852. The van der Waals surface area contributed by atoms with E-state index in [-0.39, 0.29) is 10.9 Å². The standard InChI is InChI=1S/C13H15FN2OS/c1-3-4-12(17)18-8-9-5-10-7-16(2)15-13(10)11(14)6-9/h5-7H,3-4,8H2,1-2H3. The van der Waals surface area contributed by atoms with Crippen LogP contribution in [0.3, 0.4) is 0 Å². The van der Waals surface area contributed by atoms with Crippen molar-refractivity contribution < 1.29 is 9.18 Å². The van der Waals surface area contributed by atoms with Crippen LogP contribution in [-0.4, -0.2) is 14.9 Å². The fraction of sp³-hybridized carbons (Fsp3) is 0.385. The second kappa shape index (κ2) is 5.52. The molecule has 0 radical (unpaired) electrons. The van der Waals surface area contributed by atoms with Gasteiger partial charge in [-0.2, -0.15) is 5.10 Å². The minimum Gasteiger partial charge on any atom is -0.287 e. The number of thioether (sulfide) groups is 1. The van der Waals surface area contributed by atoms with Crippen molar-refractivity contribution in [3.63, 3.8) is 0 Å². The van der Waals surface area contributed by atoms with E-state index in [0.29, 0.717) is 17.7 Å². The number of benzene rings is 1. The number of fused-ring (bicyclic) bond motifs is 1. The van der Waals surface area contributed by atoms with E-state index >= 15 is 0 Å². The van der Waals surface area contributed by atoms with E-state index in [1.54, 1.807) is 17.9 Å². The summed E-state index contributed by atoms with van der Waals surface area (Å²) in [6.45, 7) is 1.97. The Bertz CT molecular complexity index is 580. The van der Waals surface area contributed by atoms with Crippen molar-refractivity contribution >= 4 is 27.8 Å². The fourth-order valence-corrected chi connectivity index (χ4v) is 2.64. The van der Waals surface area contributed by atoms with E-state index < -0.39 is 0 Å². The fourth-order valence-electron chi connectivity index (χ4n) is 1.79. The summed E-state index contributed by atoms with van der Waals surface area (Å²) in [6.07, 6.45) is 3.20. The smallest absolute Gasteiger partial charge is 0.189 e. The molecule has 0 fully saturated rings. The van der Waals surface area contributed by atoms with Crippen molar-refractivity contribution in [1.29, 1.82) is 0 Å². The van der Waals surface area contributed by atoms with E-state index in [1.165, 1.54) is 17.8 Å². The predicted octanol–water partition coefficient (Wildman–Crippen LogP) is 3.27. The summed E-state index contributed by atoms with van der Waals surface area (Å²) >= 11 is 1.25. The Kier molecular flexibility index (Phi) is 4.01. The normalized spacial score (nSPS) is 11.1. The molecule has 1 aromatic carbocycles. The van der Waals surface area contributed by atoms with Gasteiger partial charge in [0.05, 0.1) is 0 Å². The number of nitrogens with zero attached hydrogens (tertiary/aromatic N) is 2. The van der Waals surface area contributed by atoms with Crippen LogP contribution in [0.2, 0.25) is 0 Å². The van der Waals surface area contributed by atoms with Crippen LogP contribution in [0, 0.1) is 5.82 Å². The van der Waals surface area contributed by atoms with E-state index in [4.69, 9.17) is 0 Å². The van der Waals surface area contributed by atoms with Gasteiger partial charge in [0.2, 0.25) is 0 Å². The Balaban J connectivity index is 2.16. The third-order valence-corrected chi connectivity index (χ3v) is 3.59. The summed E-state index contributed by atoms with van der Waals surface area (Å²) < 4.78 is 15.4. The molecule has 0 saturated heterocycles. The number of aromatic nitrogens is 2. The van der Waals surface area contributed by atoms with Crippen molar-refractivity contribution in [1.82, 2.24) is 9.78 Å². The van der Waals surface area contributed by atoms with Gasteiger partial charge in [0.15, 0.2) is 10.9 Å². The van der Waals surface area contributed by atoms with Crippen molar-refractivity contribution in [2.24, 2.45) is 7.05 Å². The molecule has 1 heterocycles.